The van der Waals surface area contributed by atoms with Gasteiger partial charge >= 0.3 is 5.97 Å². The highest BCUT2D eigenvalue weighted by Crippen LogP contribution is 2.32. The third kappa shape index (κ3) is 4.26. The Labute approximate surface area is 139 Å². The zero-order valence-corrected chi connectivity index (χ0v) is 13.9. The van der Waals surface area contributed by atoms with Crippen molar-refractivity contribution < 1.29 is 14.7 Å². The van der Waals surface area contributed by atoms with Crippen LogP contribution in [0.1, 0.15) is 5.56 Å². The number of carboxylic acid groups (broad SMARTS) is 1. The summed E-state index contributed by atoms with van der Waals surface area (Å²) in [6.07, 6.45) is 3.51. The number of thiocarbonyl (C=S) groups is 1. The second kappa shape index (κ2) is 7.02. The fourth-order valence-corrected chi connectivity index (χ4v) is 3.54. The zero-order chi connectivity index (χ0) is 15.4. The van der Waals surface area contributed by atoms with Crippen molar-refractivity contribution in [2.24, 2.45) is 0 Å². The lowest BCUT2D eigenvalue weighted by Gasteiger charge is -2.10. The first-order chi connectivity index (χ1) is 9.97. The second-order valence-electron chi connectivity index (χ2n) is 4.10. The van der Waals surface area contributed by atoms with E-state index in [2.05, 4.69) is 15.9 Å². The third-order valence-electron chi connectivity index (χ3n) is 2.54. The first kappa shape index (κ1) is 15.9. The fourth-order valence-electron chi connectivity index (χ4n) is 1.65. The van der Waals surface area contributed by atoms with Gasteiger partial charge in [-0.05, 0) is 17.7 Å². The van der Waals surface area contributed by atoms with Gasteiger partial charge in [0.05, 0.1) is 4.91 Å². The summed E-state index contributed by atoms with van der Waals surface area (Å²) in [5, 5.41) is 8.77. The number of hydrogen-bond donors (Lipinski definition) is 1. The average molecular weight is 384 g/mol. The maximum absolute atomic E-state index is 12.1. The molecule has 0 aromatic heterocycles. The number of nitrogens with zero attached hydrogens (tertiary/aromatic N) is 1. The number of allylic oxidation sites excluding steroid dienone is 2. The molecule has 1 aliphatic heterocycles. The van der Waals surface area contributed by atoms with E-state index in [4.69, 9.17) is 17.3 Å². The SMILES string of the molecule is O=C(O)CN1C(=O)C(=C/C(Br)=C/c2ccccc2)SC1=S. The lowest BCUT2D eigenvalue weighted by molar-refractivity contribution is -0.140. The molecule has 4 nitrogen and oxygen atoms in total. The molecule has 108 valence electrons. The number of benzene rings is 1. The van der Waals surface area contributed by atoms with Crippen LogP contribution in [-0.2, 0) is 9.59 Å². The average Bonchev–Trinajstić information content (AvgIpc) is 2.67. The molecule has 21 heavy (non-hydrogen) atoms. The molecule has 1 N–H and O–H groups in total. The van der Waals surface area contributed by atoms with Crippen molar-refractivity contribution >= 4 is 62.2 Å². The van der Waals surface area contributed by atoms with Gasteiger partial charge in [-0.1, -0.05) is 70.2 Å². The van der Waals surface area contributed by atoms with E-state index < -0.39 is 12.5 Å². The van der Waals surface area contributed by atoms with Crippen molar-refractivity contribution in [2.45, 2.75) is 0 Å². The first-order valence-corrected chi connectivity index (χ1v) is 7.88. The molecule has 1 amide bonds. The summed E-state index contributed by atoms with van der Waals surface area (Å²) >= 11 is 9.51. The Hall–Kier alpha value is -1.44. The molecule has 0 unspecified atom stereocenters. The highest BCUT2D eigenvalue weighted by atomic mass is 79.9. The summed E-state index contributed by atoms with van der Waals surface area (Å²) in [7, 11) is 0. The molecule has 0 aliphatic carbocycles. The summed E-state index contributed by atoms with van der Waals surface area (Å²) in [4.78, 5) is 24.3. The van der Waals surface area contributed by atoms with Gasteiger partial charge in [0.1, 0.15) is 10.9 Å². The molecule has 0 radical (unpaired) electrons. The van der Waals surface area contributed by atoms with Crippen LogP contribution in [0.25, 0.3) is 6.08 Å². The van der Waals surface area contributed by atoms with Gasteiger partial charge in [0.2, 0.25) is 0 Å². The Kier molecular flexibility index (Phi) is 5.33. The molecule has 0 atom stereocenters. The standard InChI is InChI=1S/C14H10BrNO3S2/c15-10(6-9-4-2-1-3-5-9)7-11-13(19)16(8-12(17)18)14(20)21-11/h1-7H,8H2,(H,17,18)/b10-6-,11-7?. The van der Waals surface area contributed by atoms with Gasteiger partial charge in [-0.25, -0.2) is 0 Å². The summed E-state index contributed by atoms with van der Waals surface area (Å²) in [6, 6.07) is 9.62. The van der Waals surface area contributed by atoms with Crippen LogP contribution in [0.3, 0.4) is 0 Å². The Morgan fingerprint density at radius 2 is 2.05 bits per heavy atom. The van der Waals surface area contributed by atoms with Crippen LogP contribution in [0.5, 0.6) is 0 Å². The van der Waals surface area contributed by atoms with Crippen LogP contribution < -0.4 is 0 Å². The van der Waals surface area contributed by atoms with Crippen molar-refractivity contribution in [1.82, 2.24) is 4.90 Å². The Balaban J connectivity index is 2.18. The maximum atomic E-state index is 12.1. The molecular weight excluding hydrogens is 374 g/mol. The number of amides is 1. The number of carbonyl (C=O) groups is 2. The Morgan fingerprint density at radius 1 is 1.38 bits per heavy atom. The van der Waals surface area contributed by atoms with Crippen LogP contribution >= 0.6 is 39.9 Å². The fraction of sp³-hybridized carbons (Fsp3) is 0.0714. The van der Waals surface area contributed by atoms with Crippen molar-refractivity contribution in [3.8, 4) is 0 Å². The topological polar surface area (TPSA) is 57.6 Å². The minimum Gasteiger partial charge on any atom is -0.480 e. The highest BCUT2D eigenvalue weighted by molar-refractivity contribution is 9.12. The van der Waals surface area contributed by atoms with Crippen molar-refractivity contribution in [3.05, 3.63) is 51.4 Å². The number of carbonyl (C=O) groups excluding carboxylic acids is 1. The van der Waals surface area contributed by atoms with Gasteiger partial charge in [0, 0.05) is 4.48 Å². The quantitative estimate of drug-likeness (QED) is 0.638. The van der Waals surface area contributed by atoms with Crippen LogP contribution in [0, 0.1) is 0 Å². The largest absolute Gasteiger partial charge is 0.480 e. The molecular formula is C14H10BrNO3S2. The van der Waals surface area contributed by atoms with Crippen LogP contribution in [0.2, 0.25) is 0 Å². The van der Waals surface area contributed by atoms with E-state index in [-0.39, 0.29) is 10.2 Å². The van der Waals surface area contributed by atoms with Gasteiger partial charge in [0.15, 0.2) is 0 Å². The molecule has 7 heteroatoms. The van der Waals surface area contributed by atoms with Crippen molar-refractivity contribution in [2.75, 3.05) is 6.54 Å². The molecule has 1 fully saturated rings. The highest BCUT2D eigenvalue weighted by Gasteiger charge is 2.33. The monoisotopic (exact) mass is 383 g/mol. The zero-order valence-electron chi connectivity index (χ0n) is 10.7. The van der Waals surface area contributed by atoms with Crippen LogP contribution in [-0.4, -0.2) is 32.7 Å². The number of rotatable bonds is 4. The number of thioether (sulfide) groups is 1. The minimum absolute atomic E-state index is 0.258. The smallest absolute Gasteiger partial charge is 0.323 e. The molecule has 0 spiro atoms. The molecule has 2 rings (SSSR count). The minimum atomic E-state index is -1.09. The van der Waals surface area contributed by atoms with Crippen molar-refractivity contribution in [3.63, 3.8) is 0 Å². The predicted octanol–water partition coefficient (Wildman–Crippen LogP) is 3.25. The van der Waals surface area contributed by atoms with Gasteiger partial charge < -0.3 is 5.11 Å². The Morgan fingerprint density at radius 3 is 2.67 bits per heavy atom. The predicted molar refractivity (Wildman–Crippen MR) is 91.0 cm³/mol. The van der Waals surface area contributed by atoms with E-state index >= 15 is 0 Å². The van der Waals surface area contributed by atoms with Gasteiger partial charge in [-0.15, -0.1) is 0 Å². The van der Waals surface area contributed by atoms with Gasteiger partial charge in [-0.3, -0.25) is 14.5 Å². The molecule has 1 aliphatic rings. The van der Waals surface area contributed by atoms with E-state index in [1.54, 1.807) is 6.08 Å². The first-order valence-electron chi connectivity index (χ1n) is 5.87. The van der Waals surface area contributed by atoms with Crippen molar-refractivity contribution in [1.29, 1.82) is 0 Å². The van der Waals surface area contributed by atoms with E-state index in [1.807, 2.05) is 36.4 Å². The molecule has 0 saturated carbocycles. The van der Waals surface area contributed by atoms with E-state index in [1.165, 1.54) is 0 Å². The summed E-state index contributed by atoms with van der Waals surface area (Å²) < 4.78 is 0.971. The third-order valence-corrected chi connectivity index (χ3v) is 4.38. The number of carboxylic acids is 1. The number of hydrogen-bond acceptors (Lipinski definition) is 4. The van der Waals surface area contributed by atoms with Gasteiger partial charge in [0.25, 0.3) is 5.91 Å². The molecule has 1 saturated heterocycles. The Bertz CT molecular complexity index is 655. The second-order valence-corrected chi connectivity index (χ2v) is 6.69. The lowest BCUT2D eigenvalue weighted by atomic mass is 10.2. The van der Waals surface area contributed by atoms with E-state index in [0.29, 0.717) is 9.39 Å². The normalized spacial score (nSPS) is 17.7. The maximum Gasteiger partial charge on any atom is 0.323 e. The number of aliphatic carboxylic acids is 1. The molecule has 1 aromatic rings. The molecule has 1 aromatic carbocycles. The summed E-state index contributed by atoms with van der Waals surface area (Å²) in [5.74, 6) is -1.47. The van der Waals surface area contributed by atoms with Crippen LogP contribution in [0.4, 0.5) is 0 Å². The molecule has 0 bridgehead atoms. The van der Waals surface area contributed by atoms with E-state index in [9.17, 15) is 9.59 Å². The lowest BCUT2D eigenvalue weighted by Crippen LogP contribution is -2.33. The van der Waals surface area contributed by atoms with Gasteiger partial charge in [-0.2, -0.15) is 0 Å². The molecule has 1 heterocycles. The number of halogens is 1. The van der Waals surface area contributed by atoms with E-state index in [0.717, 1.165) is 22.2 Å². The summed E-state index contributed by atoms with van der Waals surface area (Å²) in [6.45, 7) is -0.415. The van der Waals surface area contributed by atoms with Crippen LogP contribution in [0.15, 0.2) is 45.8 Å². The summed E-state index contributed by atoms with van der Waals surface area (Å²) in [5.41, 5.74) is 0.988.